The first-order valence-corrected chi connectivity index (χ1v) is 9.02. The summed E-state index contributed by atoms with van der Waals surface area (Å²) in [6.07, 6.45) is 0. The van der Waals surface area contributed by atoms with Crippen molar-refractivity contribution in [3.63, 3.8) is 0 Å². The maximum atomic E-state index is 6.59. The van der Waals surface area contributed by atoms with E-state index in [1.807, 2.05) is 48.5 Å². The van der Waals surface area contributed by atoms with E-state index in [2.05, 4.69) is 50.8 Å². The third-order valence-electron chi connectivity index (χ3n) is 4.37. The molecule has 0 aliphatic heterocycles. The van der Waals surface area contributed by atoms with E-state index in [0.717, 1.165) is 33.4 Å². The van der Waals surface area contributed by atoms with Gasteiger partial charge in [-0.25, -0.2) is 4.98 Å². The Morgan fingerprint density at radius 1 is 0.880 bits per heavy atom. The van der Waals surface area contributed by atoms with Gasteiger partial charge in [0.1, 0.15) is 5.82 Å². The van der Waals surface area contributed by atoms with Crippen molar-refractivity contribution in [2.24, 2.45) is 5.73 Å². The topological polar surface area (TPSA) is 43.8 Å². The summed E-state index contributed by atoms with van der Waals surface area (Å²) >= 11 is 3.48. The van der Waals surface area contributed by atoms with Gasteiger partial charge in [0, 0.05) is 11.0 Å². The van der Waals surface area contributed by atoms with Gasteiger partial charge >= 0.3 is 0 Å². The summed E-state index contributed by atoms with van der Waals surface area (Å²) in [7, 11) is 0. The van der Waals surface area contributed by atoms with Crippen LogP contribution in [-0.2, 0) is 6.54 Å². The fraction of sp³-hybridized carbons (Fsp3) is 0.0952. The molecule has 0 saturated carbocycles. The summed E-state index contributed by atoms with van der Waals surface area (Å²) in [4.78, 5) is 4.83. The van der Waals surface area contributed by atoms with Crippen LogP contribution < -0.4 is 5.73 Å². The summed E-state index contributed by atoms with van der Waals surface area (Å²) in [6, 6.07) is 26.4. The highest BCUT2D eigenvalue weighted by atomic mass is 79.9. The average molecular weight is 392 g/mol. The highest BCUT2D eigenvalue weighted by molar-refractivity contribution is 9.10. The van der Waals surface area contributed by atoms with Crippen LogP contribution in [0.15, 0.2) is 83.3 Å². The maximum Gasteiger partial charge on any atom is 0.131 e. The number of nitrogens with two attached hydrogens (primary N) is 1. The summed E-state index contributed by atoms with van der Waals surface area (Å²) < 4.78 is 3.26. The monoisotopic (exact) mass is 391 g/mol. The van der Waals surface area contributed by atoms with Crippen LogP contribution >= 0.6 is 15.9 Å². The predicted molar refractivity (Wildman–Crippen MR) is 105 cm³/mol. The van der Waals surface area contributed by atoms with Gasteiger partial charge in [0.2, 0.25) is 0 Å². The van der Waals surface area contributed by atoms with Crippen molar-refractivity contribution in [2.75, 3.05) is 0 Å². The number of nitrogens with zero attached hydrogens (tertiary/aromatic N) is 2. The van der Waals surface area contributed by atoms with E-state index < -0.39 is 0 Å². The van der Waals surface area contributed by atoms with E-state index >= 15 is 0 Å². The summed E-state index contributed by atoms with van der Waals surface area (Å²) in [5, 5.41) is 0. The highest BCUT2D eigenvalue weighted by Gasteiger charge is 2.18. The number of rotatable bonds is 4. The molecule has 25 heavy (non-hydrogen) atoms. The van der Waals surface area contributed by atoms with Gasteiger partial charge in [0.15, 0.2) is 0 Å². The summed E-state index contributed by atoms with van der Waals surface area (Å²) in [6.45, 7) is 0.751. The van der Waals surface area contributed by atoms with E-state index in [4.69, 9.17) is 10.7 Å². The van der Waals surface area contributed by atoms with E-state index in [1.54, 1.807) is 0 Å². The predicted octanol–water partition coefficient (Wildman–Crippen LogP) is 4.90. The average Bonchev–Trinajstić information content (AvgIpc) is 3.01. The summed E-state index contributed by atoms with van der Waals surface area (Å²) in [5.41, 5.74) is 10.9. The van der Waals surface area contributed by atoms with E-state index in [0.29, 0.717) is 0 Å². The zero-order chi connectivity index (χ0) is 17.2. The zero-order valence-corrected chi connectivity index (χ0v) is 15.2. The number of hydrogen-bond donors (Lipinski definition) is 1. The minimum Gasteiger partial charge on any atom is -0.322 e. The molecule has 3 aromatic carbocycles. The Labute approximate surface area is 155 Å². The van der Waals surface area contributed by atoms with Crippen molar-refractivity contribution in [1.82, 2.24) is 9.55 Å². The third kappa shape index (κ3) is 3.23. The molecule has 2 N–H and O–H groups in total. The molecule has 1 heterocycles. The molecule has 3 nitrogen and oxygen atoms in total. The smallest absolute Gasteiger partial charge is 0.131 e. The molecule has 1 atom stereocenters. The highest BCUT2D eigenvalue weighted by Crippen LogP contribution is 2.26. The molecule has 1 aromatic heterocycles. The number of aromatic nitrogens is 2. The van der Waals surface area contributed by atoms with Crippen LogP contribution in [0.1, 0.15) is 23.0 Å². The molecule has 1 unspecified atom stereocenters. The van der Waals surface area contributed by atoms with Crippen molar-refractivity contribution >= 4 is 27.0 Å². The van der Waals surface area contributed by atoms with Gasteiger partial charge in [-0.3, -0.25) is 0 Å². The van der Waals surface area contributed by atoms with Gasteiger partial charge in [-0.1, -0.05) is 70.5 Å². The lowest BCUT2D eigenvalue weighted by atomic mass is 10.1. The lowest BCUT2D eigenvalue weighted by Crippen LogP contribution is -2.18. The molecule has 0 spiro atoms. The minimum absolute atomic E-state index is 0.274. The Kier molecular flexibility index (Phi) is 4.38. The normalized spacial score (nSPS) is 12.4. The number of hydrogen-bond acceptors (Lipinski definition) is 2. The molecule has 124 valence electrons. The number of benzene rings is 3. The van der Waals surface area contributed by atoms with E-state index in [-0.39, 0.29) is 6.04 Å². The standard InChI is InChI=1S/C21H18BrN3/c22-17-12-10-16(11-13-17)20(23)21-24-18-8-4-5-9-19(18)25(21)14-15-6-2-1-3-7-15/h1-13,20H,14,23H2. The van der Waals surface area contributed by atoms with Crippen LogP contribution in [0.25, 0.3) is 11.0 Å². The van der Waals surface area contributed by atoms with E-state index in [1.165, 1.54) is 5.56 Å². The molecular weight excluding hydrogens is 374 g/mol. The van der Waals surface area contributed by atoms with Crippen molar-refractivity contribution < 1.29 is 0 Å². The molecule has 4 aromatic rings. The lowest BCUT2D eigenvalue weighted by molar-refractivity contribution is 0.688. The minimum atomic E-state index is -0.274. The summed E-state index contributed by atoms with van der Waals surface area (Å²) in [5.74, 6) is 0.882. The van der Waals surface area contributed by atoms with E-state index in [9.17, 15) is 0 Å². The van der Waals surface area contributed by atoms with Gasteiger partial charge in [-0.15, -0.1) is 0 Å². The van der Waals surface area contributed by atoms with Crippen LogP contribution in [0.2, 0.25) is 0 Å². The van der Waals surface area contributed by atoms with Crippen molar-refractivity contribution in [2.45, 2.75) is 12.6 Å². The molecule has 4 rings (SSSR count). The Morgan fingerprint density at radius 2 is 1.56 bits per heavy atom. The van der Waals surface area contributed by atoms with Crippen molar-refractivity contribution in [3.8, 4) is 0 Å². The second-order valence-corrected chi connectivity index (χ2v) is 6.98. The first kappa shape index (κ1) is 16.1. The van der Waals surface area contributed by atoms with Crippen LogP contribution in [0.4, 0.5) is 0 Å². The Morgan fingerprint density at radius 3 is 2.32 bits per heavy atom. The SMILES string of the molecule is NC(c1ccc(Br)cc1)c1nc2ccccc2n1Cc1ccccc1. The van der Waals surface area contributed by atoms with Crippen LogP contribution in [-0.4, -0.2) is 9.55 Å². The van der Waals surface area contributed by atoms with Crippen molar-refractivity contribution in [3.05, 3.63) is 100 Å². The first-order chi connectivity index (χ1) is 12.2. The number of fused-ring (bicyclic) bond motifs is 1. The molecule has 0 saturated heterocycles. The number of halogens is 1. The fourth-order valence-corrected chi connectivity index (χ4v) is 3.35. The largest absolute Gasteiger partial charge is 0.322 e. The molecule has 0 amide bonds. The number of imidazole rings is 1. The maximum absolute atomic E-state index is 6.59. The Hall–Kier alpha value is -2.43. The second-order valence-electron chi connectivity index (χ2n) is 6.06. The molecule has 4 heteroatoms. The first-order valence-electron chi connectivity index (χ1n) is 8.22. The van der Waals surface area contributed by atoms with Gasteiger partial charge < -0.3 is 10.3 Å². The molecule has 0 fully saturated rings. The third-order valence-corrected chi connectivity index (χ3v) is 4.90. The zero-order valence-electron chi connectivity index (χ0n) is 13.6. The van der Waals surface area contributed by atoms with Crippen LogP contribution in [0.5, 0.6) is 0 Å². The molecule has 0 radical (unpaired) electrons. The Balaban J connectivity index is 1.82. The second kappa shape index (κ2) is 6.82. The molecular formula is C21H18BrN3. The van der Waals surface area contributed by atoms with Gasteiger partial charge in [-0.2, -0.15) is 0 Å². The van der Waals surface area contributed by atoms with Crippen molar-refractivity contribution in [1.29, 1.82) is 0 Å². The quantitative estimate of drug-likeness (QED) is 0.537. The fourth-order valence-electron chi connectivity index (χ4n) is 3.08. The van der Waals surface area contributed by atoms with Gasteiger partial charge in [0.25, 0.3) is 0 Å². The van der Waals surface area contributed by atoms with Gasteiger partial charge in [-0.05, 0) is 35.4 Å². The number of para-hydroxylation sites is 2. The van der Waals surface area contributed by atoms with Crippen LogP contribution in [0.3, 0.4) is 0 Å². The van der Waals surface area contributed by atoms with Gasteiger partial charge in [0.05, 0.1) is 17.1 Å². The molecule has 0 aliphatic carbocycles. The lowest BCUT2D eigenvalue weighted by Gasteiger charge is -2.15. The Bertz CT molecular complexity index is 991. The van der Waals surface area contributed by atoms with Crippen LogP contribution in [0, 0.1) is 0 Å². The molecule has 0 bridgehead atoms. The molecule has 0 aliphatic rings.